The van der Waals surface area contributed by atoms with Crippen LogP contribution in [-0.4, -0.2) is 84.9 Å². The SMILES string of the molecule is C=C(C)C12CC(C)C34OC(c5ccccc5)(OC1C3C(O)C(O)(CO)C(O)C1(O)C(OC(=O)c3ccccc3)C(C)CC14)O2. The molecule has 0 radical (unpaired) electrons. The predicted octanol–water partition coefficient (Wildman–Crippen LogP) is 2.02. The molecule has 2 aliphatic heterocycles. The summed E-state index contributed by atoms with van der Waals surface area (Å²) in [7, 11) is 0. The third-order valence-electron chi connectivity index (χ3n) is 11.4. The Bertz CT molecular complexity index is 1470. The first kappa shape index (κ1) is 30.0. The number of ether oxygens (including phenoxy) is 4. The molecule has 2 aromatic rings. The number of hydrogen-bond donors (Lipinski definition) is 5. The second-order valence-corrected chi connectivity index (χ2v) is 13.7. The van der Waals surface area contributed by atoms with E-state index in [4.69, 9.17) is 18.9 Å². The number of carbonyl (C=O) groups excluding carboxylic acids is 1. The van der Waals surface area contributed by atoms with E-state index in [9.17, 15) is 30.3 Å². The molecule has 44 heavy (non-hydrogen) atoms. The summed E-state index contributed by atoms with van der Waals surface area (Å²) in [5.74, 6) is -5.54. The zero-order valence-electron chi connectivity index (χ0n) is 25.0. The Balaban J connectivity index is 1.45. The third-order valence-corrected chi connectivity index (χ3v) is 11.4. The topological polar surface area (TPSA) is 155 Å². The van der Waals surface area contributed by atoms with Gasteiger partial charge in [-0.3, -0.25) is 0 Å². The van der Waals surface area contributed by atoms with Crippen molar-refractivity contribution in [1.29, 1.82) is 0 Å². The van der Waals surface area contributed by atoms with Crippen molar-refractivity contribution in [2.24, 2.45) is 23.7 Å². The van der Waals surface area contributed by atoms with Crippen molar-refractivity contribution >= 4 is 5.97 Å². The van der Waals surface area contributed by atoms with Crippen LogP contribution in [0, 0.1) is 23.7 Å². The van der Waals surface area contributed by atoms with Gasteiger partial charge >= 0.3 is 11.9 Å². The molecule has 3 aliphatic carbocycles. The molecule has 236 valence electrons. The van der Waals surface area contributed by atoms with Crippen molar-refractivity contribution in [3.05, 3.63) is 83.9 Å². The summed E-state index contributed by atoms with van der Waals surface area (Å²) in [6.07, 6.45) is -5.71. The normalized spacial score (nSPS) is 48.7. The molecule has 3 bridgehead atoms. The predicted molar refractivity (Wildman–Crippen MR) is 155 cm³/mol. The molecule has 10 heteroatoms. The van der Waals surface area contributed by atoms with Crippen LogP contribution >= 0.6 is 0 Å². The van der Waals surface area contributed by atoms with Gasteiger partial charge in [0.1, 0.15) is 35.1 Å². The average Bonchev–Trinajstić information content (AvgIpc) is 3.40. The molecule has 13 atom stereocenters. The van der Waals surface area contributed by atoms with Crippen LogP contribution in [0.2, 0.25) is 0 Å². The highest BCUT2D eigenvalue weighted by Gasteiger charge is 2.85. The quantitative estimate of drug-likeness (QED) is 0.252. The second kappa shape index (κ2) is 9.67. The minimum atomic E-state index is -2.65. The van der Waals surface area contributed by atoms with E-state index in [1.165, 1.54) is 0 Å². The van der Waals surface area contributed by atoms with Crippen molar-refractivity contribution in [3.8, 4) is 0 Å². The van der Waals surface area contributed by atoms with Crippen LogP contribution in [0.3, 0.4) is 0 Å². The van der Waals surface area contributed by atoms with E-state index in [1.54, 1.807) is 49.4 Å². The third kappa shape index (κ3) is 3.51. The minimum absolute atomic E-state index is 0.201. The van der Waals surface area contributed by atoms with Gasteiger partial charge < -0.3 is 44.5 Å². The number of benzene rings is 2. The first-order chi connectivity index (χ1) is 20.8. The van der Waals surface area contributed by atoms with Gasteiger partial charge in [0.15, 0.2) is 0 Å². The van der Waals surface area contributed by atoms with Gasteiger partial charge in [0, 0.05) is 17.4 Å². The lowest BCUT2D eigenvalue weighted by molar-refractivity contribution is -0.446. The Labute approximate surface area is 255 Å². The maximum atomic E-state index is 13.4. The van der Waals surface area contributed by atoms with Crippen molar-refractivity contribution in [1.82, 2.24) is 0 Å². The van der Waals surface area contributed by atoms with Gasteiger partial charge in [0.05, 0.1) is 23.9 Å². The fourth-order valence-corrected chi connectivity index (χ4v) is 9.37. The zero-order valence-corrected chi connectivity index (χ0v) is 25.0. The lowest BCUT2D eigenvalue weighted by Crippen LogP contribution is -2.73. The van der Waals surface area contributed by atoms with E-state index >= 15 is 0 Å². The molecule has 0 spiro atoms. The van der Waals surface area contributed by atoms with E-state index in [1.807, 2.05) is 32.0 Å². The number of carbonyl (C=O) groups is 1. The molecule has 0 aromatic heterocycles. The van der Waals surface area contributed by atoms with Crippen molar-refractivity contribution in [2.75, 3.05) is 6.61 Å². The zero-order chi connectivity index (χ0) is 31.4. The smallest absolute Gasteiger partial charge is 0.338 e. The molecule has 2 heterocycles. The molecule has 7 rings (SSSR count). The van der Waals surface area contributed by atoms with Gasteiger partial charge in [-0.05, 0) is 49.3 Å². The highest BCUT2D eigenvalue weighted by Crippen LogP contribution is 2.72. The Morgan fingerprint density at radius 1 is 1.02 bits per heavy atom. The lowest BCUT2D eigenvalue weighted by atomic mass is 9.53. The van der Waals surface area contributed by atoms with Crippen molar-refractivity contribution < 1.29 is 49.3 Å². The molecule has 2 saturated heterocycles. The molecular weight excluding hydrogens is 568 g/mol. The monoisotopic (exact) mass is 608 g/mol. The van der Waals surface area contributed by atoms with Crippen molar-refractivity contribution in [2.45, 2.75) is 86.4 Å². The van der Waals surface area contributed by atoms with E-state index in [0.717, 1.165) is 0 Å². The van der Waals surface area contributed by atoms with Crippen LogP contribution < -0.4 is 0 Å². The number of rotatable bonds is 5. The van der Waals surface area contributed by atoms with Gasteiger partial charge in [-0.2, -0.15) is 0 Å². The molecule has 13 unspecified atom stereocenters. The second-order valence-electron chi connectivity index (χ2n) is 13.7. The van der Waals surface area contributed by atoms with E-state index in [-0.39, 0.29) is 12.0 Å². The van der Waals surface area contributed by atoms with E-state index in [0.29, 0.717) is 17.6 Å². The molecule has 5 fully saturated rings. The van der Waals surface area contributed by atoms with Gasteiger partial charge in [-0.15, -0.1) is 0 Å². The Kier molecular flexibility index (Phi) is 6.59. The molecule has 10 nitrogen and oxygen atoms in total. The van der Waals surface area contributed by atoms with Crippen LogP contribution in [0.15, 0.2) is 72.8 Å². The first-order valence-corrected chi connectivity index (χ1v) is 15.3. The maximum absolute atomic E-state index is 13.4. The van der Waals surface area contributed by atoms with Gasteiger partial charge in [-0.25, -0.2) is 4.79 Å². The van der Waals surface area contributed by atoms with E-state index < -0.39 is 89.0 Å². The van der Waals surface area contributed by atoms with Gasteiger partial charge in [-0.1, -0.05) is 69.0 Å². The number of aliphatic hydroxyl groups is 5. The number of hydrogen-bond acceptors (Lipinski definition) is 10. The Morgan fingerprint density at radius 2 is 1.66 bits per heavy atom. The summed E-state index contributed by atoms with van der Waals surface area (Å²) in [5, 5.41) is 59.7. The number of esters is 1. The average molecular weight is 609 g/mol. The standard InChI is InChI=1S/C34H40O10/c1-18(2)31-16-20(4)33-23-15-19(3)26(41-28(37)21-11-7-5-8-12-21)32(23,40)29(38)30(39,17-35)25(36)24(33)27(31)42-34(43-31,44-33)22-13-9-6-10-14-22/h5-14,19-20,23-27,29,35-36,38-40H,1,15-17H2,2-4H3. The summed E-state index contributed by atoms with van der Waals surface area (Å²) in [6.45, 7) is 8.67. The lowest BCUT2D eigenvalue weighted by Gasteiger charge is -2.60. The van der Waals surface area contributed by atoms with Crippen LogP contribution in [-0.2, 0) is 24.9 Å². The van der Waals surface area contributed by atoms with Crippen LogP contribution in [0.5, 0.6) is 0 Å². The largest absolute Gasteiger partial charge is 0.455 e. The molecule has 0 amide bonds. The minimum Gasteiger partial charge on any atom is -0.455 e. The summed E-state index contributed by atoms with van der Waals surface area (Å²) in [6, 6.07) is 17.4. The molecular formula is C34H40O10. The number of aliphatic hydroxyl groups excluding tert-OH is 3. The van der Waals surface area contributed by atoms with Crippen LogP contribution in [0.25, 0.3) is 0 Å². The summed E-state index contributed by atoms with van der Waals surface area (Å²) in [4.78, 5) is 13.4. The summed E-state index contributed by atoms with van der Waals surface area (Å²) < 4.78 is 26.5. The Morgan fingerprint density at radius 3 is 2.27 bits per heavy atom. The first-order valence-electron chi connectivity index (χ1n) is 15.3. The summed E-state index contributed by atoms with van der Waals surface area (Å²) in [5.41, 5.74) is -6.22. The fourth-order valence-electron chi connectivity index (χ4n) is 9.37. The highest BCUT2D eigenvalue weighted by molar-refractivity contribution is 5.89. The Hall–Kier alpha value is -2.67. The molecule has 2 aromatic carbocycles. The van der Waals surface area contributed by atoms with Crippen LogP contribution in [0.1, 0.15) is 49.5 Å². The fraction of sp³-hybridized carbons (Fsp3) is 0.559. The molecule has 5 N–H and O–H groups in total. The summed E-state index contributed by atoms with van der Waals surface area (Å²) >= 11 is 0. The van der Waals surface area contributed by atoms with Crippen molar-refractivity contribution in [3.63, 3.8) is 0 Å². The van der Waals surface area contributed by atoms with Gasteiger partial charge in [0.25, 0.3) is 0 Å². The molecule has 3 saturated carbocycles. The highest BCUT2D eigenvalue weighted by atomic mass is 16.9. The van der Waals surface area contributed by atoms with Crippen LogP contribution in [0.4, 0.5) is 0 Å². The number of fused-ring (bicyclic) bond motifs is 2. The van der Waals surface area contributed by atoms with E-state index in [2.05, 4.69) is 6.58 Å². The maximum Gasteiger partial charge on any atom is 0.338 e. The van der Waals surface area contributed by atoms with Gasteiger partial charge in [0.2, 0.25) is 0 Å². The molecule has 5 aliphatic rings.